The molecule has 0 amide bonds. The van der Waals surface area contributed by atoms with Crippen molar-refractivity contribution in [1.29, 1.82) is 5.26 Å². The Balaban J connectivity index is 1.23. The number of aliphatic hydroxyl groups excluding tert-OH is 2. The summed E-state index contributed by atoms with van der Waals surface area (Å²) in [4.78, 5) is 14.6. The third-order valence-corrected chi connectivity index (χ3v) is 11.1. The number of nitrogens with two attached hydrogens (primary N) is 1. The van der Waals surface area contributed by atoms with Crippen LogP contribution in [0.3, 0.4) is 0 Å². The Morgan fingerprint density at radius 2 is 1.70 bits per heavy atom. The molecule has 0 radical (unpaired) electrons. The lowest BCUT2D eigenvalue weighted by Gasteiger charge is -2.32. The van der Waals surface area contributed by atoms with Crippen LogP contribution in [0.4, 0.5) is 4.39 Å². The predicted octanol–water partition coefficient (Wildman–Crippen LogP) is 6.74. The summed E-state index contributed by atoms with van der Waals surface area (Å²) in [7, 11) is -4.69. The number of unbranched alkanes of at least 4 members (excludes halogenated alkanes) is 13. The maximum absolute atomic E-state index is 14.1. The number of hydrogen-bond donors (Lipinski definition) is 4. The Hall–Kier alpha value is -2.73. The van der Waals surface area contributed by atoms with Crippen molar-refractivity contribution in [3.63, 3.8) is 0 Å². The standard InChI is InChI=1S/C38H59FN5O8P/c1-3-4-5-6-7-8-9-10-11-12-13-14-15-16-17-31(49-24-29-20-28(23-40)21-30(39)22-29)25-50-53(47,48)51-26-38(2)36(46)34(45)35(52-38)32-18-19-33-37(41)42-27-43-44(32)33/h19-22,27,31-32,34-36,45-46H,3-18,24-26H2,1-2H3,(H,47,48)(H2,41,42,43)/t31-,32?,34+,35+,36+,38-/m1/s1. The Bertz CT molecular complexity index is 1490. The summed E-state index contributed by atoms with van der Waals surface area (Å²) in [6.07, 6.45) is 16.7. The van der Waals surface area contributed by atoms with Crippen molar-refractivity contribution < 1.29 is 42.6 Å². The van der Waals surface area contributed by atoms with Gasteiger partial charge in [-0.25, -0.2) is 13.9 Å². The molecule has 7 atom stereocenters. The quantitative estimate of drug-likeness (QED) is 0.0609. The van der Waals surface area contributed by atoms with E-state index >= 15 is 0 Å². The van der Waals surface area contributed by atoms with Crippen LogP contribution in [0, 0.1) is 17.1 Å². The zero-order valence-corrected chi connectivity index (χ0v) is 32.2. The highest BCUT2D eigenvalue weighted by atomic mass is 31.2. The maximum Gasteiger partial charge on any atom is 0.472 e. The number of benzene rings is 1. The van der Waals surface area contributed by atoms with Crippen LogP contribution in [0.2, 0.25) is 0 Å². The van der Waals surface area contributed by atoms with Gasteiger partial charge < -0.3 is 30.3 Å². The molecule has 0 aromatic heterocycles. The number of hydrazone groups is 1. The Labute approximate surface area is 313 Å². The smallest absolute Gasteiger partial charge is 0.387 e. The van der Waals surface area contributed by atoms with Crippen LogP contribution in [0.25, 0.3) is 0 Å². The molecule has 296 valence electrons. The van der Waals surface area contributed by atoms with Crippen LogP contribution < -0.4 is 5.73 Å². The fraction of sp³-hybridized carbons (Fsp3) is 0.711. The molecule has 1 aromatic carbocycles. The lowest BCUT2D eigenvalue weighted by Crippen LogP contribution is -2.46. The van der Waals surface area contributed by atoms with E-state index in [0.717, 1.165) is 31.7 Å². The fourth-order valence-corrected chi connectivity index (χ4v) is 7.94. The summed E-state index contributed by atoms with van der Waals surface area (Å²) < 4.78 is 49.9. The van der Waals surface area contributed by atoms with Crippen LogP contribution in [0.1, 0.15) is 128 Å². The molecule has 0 saturated carbocycles. The van der Waals surface area contributed by atoms with E-state index in [4.69, 9.17) is 24.3 Å². The van der Waals surface area contributed by atoms with Gasteiger partial charge in [0.05, 0.1) is 49.3 Å². The van der Waals surface area contributed by atoms with Gasteiger partial charge in [0.25, 0.3) is 0 Å². The van der Waals surface area contributed by atoms with E-state index in [1.54, 1.807) is 5.01 Å². The number of halogens is 1. The number of aliphatic imine (C=N–C) groups is 1. The second-order valence-electron chi connectivity index (χ2n) is 14.6. The maximum atomic E-state index is 14.1. The Morgan fingerprint density at radius 3 is 2.34 bits per heavy atom. The molecule has 13 nitrogen and oxygen atoms in total. The third kappa shape index (κ3) is 13.2. The fourth-order valence-electron chi connectivity index (χ4n) is 7.09. The number of rotatable bonds is 25. The van der Waals surface area contributed by atoms with Gasteiger partial charge in [0.15, 0.2) is 5.84 Å². The molecule has 15 heteroatoms. The highest BCUT2D eigenvalue weighted by Gasteiger charge is 2.56. The van der Waals surface area contributed by atoms with E-state index in [2.05, 4.69) is 17.0 Å². The predicted molar refractivity (Wildman–Crippen MR) is 200 cm³/mol. The lowest BCUT2D eigenvalue weighted by atomic mass is 9.95. The first-order valence-corrected chi connectivity index (χ1v) is 20.8. The molecular weight excluding hydrogens is 704 g/mol. The summed E-state index contributed by atoms with van der Waals surface area (Å²) in [5.41, 5.74) is 5.61. The van der Waals surface area contributed by atoms with Crippen molar-refractivity contribution >= 4 is 20.0 Å². The topological polar surface area (TPSA) is 192 Å². The van der Waals surface area contributed by atoms with Crippen molar-refractivity contribution in [2.24, 2.45) is 15.8 Å². The minimum Gasteiger partial charge on any atom is -0.387 e. The first-order valence-electron chi connectivity index (χ1n) is 19.3. The van der Waals surface area contributed by atoms with Gasteiger partial charge in [-0.15, -0.1) is 0 Å². The molecule has 53 heavy (non-hydrogen) atoms. The molecule has 0 bridgehead atoms. The van der Waals surface area contributed by atoms with Gasteiger partial charge in [-0.1, -0.05) is 103 Å². The molecule has 3 aliphatic heterocycles. The minimum absolute atomic E-state index is 0.0245. The van der Waals surface area contributed by atoms with Crippen LogP contribution in [0.15, 0.2) is 40.1 Å². The van der Waals surface area contributed by atoms with Crippen LogP contribution in [0.5, 0.6) is 0 Å². The first kappa shape index (κ1) is 43.0. The number of nitriles is 1. The number of amidine groups is 1. The normalized spacial score (nSPS) is 25.5. The van der Waals surface area contributed by atoms with E-state index in [9.17, 15) is 29.3 Å². The Morgan fingerprint density at radius 1 is 1.06 bits per heavy atom. The average molecular weight is 764 g/mol. The molecule has 4 rings (SSSR count). The molecular formula is C38H59FN5O8P. The van der Waals surface area contributed by atoms with Crippen LogP contribution in [-0.2, 0) is 29.7 Å². The third-order valence-electron chi connectivity index (χ3n) is 10.2. The summed E-state index contributed by atoms with van der Waals surface area (Å²) >= 11 is 0. The number of hydrogen-bond acceptors (Lipinski definition) is 12. The average Bonchev–Trinajstić information content (AvgIpc) is 3.67. The van der Waals surface area contributed by atoms with E-state index in [1.807, 2.05) is 12.1 Å². The molecule has 0 aliphatic carbocycles. The van der Waals surface area contributed by atoms with Crippen molar-refractivity contribution in [3.8, 4) is 6.07 Å². The number of phosphoric acid groups is 1. The second kappa shape index (κ2) is 21.4. The molecule has 3 heterocycles. The number of phosphoric ester groups is 1. The van der Waals surface area contributed by atoms with Gasteiger partial charge in [-0.3, -0.25) is 14.1 Å². The monoisotopic (exact) mass is 763 g/mol. The molecule has 1 saturated heterocycles. The first-order chi connectivity index (χ1) is 25.5. The molecule has 5 N–H and O–H groups in total. The second-order valence-corrected chi connectivity index (χ2v) is 16.1. The Kier molecular flexibility index (Phi) is 17.4. The number of nitrogens with zero attached hydrogens (tertiary/aromatic N) is 4. The molecule has 1 fully saturated rings. The summed E-state index contributed by atoms with van der Waals surface area (Å²) in [6.45, 7) is 2.85. The van der Waals surface area contributed by atoms with Gasteiger partial charge in [-0.2, -0.15) is 10.4 Å². The number of ether oxygens (including phenoxy) is 2. The van der Waals surface area contributed by atoms with Gasteiger partial charge in [0, 0.05) is 0 Å². The zero-order valence-electron chi connectivity index (χ0n) is 31.3. The van der Waals surface area contributed by atoms with E-state index in [0.29, 0.717) is 24.1 Å². The molecule has 1 aromatic rings. The lowest BCUT2D eigenvalue weighted by molar-refractivity contribution is -0.110. The summed E-state index contributed by atoms with van der Waals surface area (Å²) in [5, 5.41) is 36.9. The molecule has 2 unspecified atom stereocenters. The van der Waals surface area contributed by atoms with Crippen molar-refractivity contribution in [1.82, 2.24) is 5.01 Å². The summed E-state index contributed by atoms with van der Waals surface area (Å²) in [5.74, 6) is -0.284. The van der Waals surface area contributed by atoms with Crippen molar-refractivity contribution in [3.05, 3.63) is 46.9 Å². The highest BCUT2D eigenvalue weighted by Crippen LogP contribution is 2.47. The van der Waals surface area contributed by atoms with Gasteiger partial charge in [0.1, 0.15) is 36.1 Å². The summed E-state index contributed by atoms with van der Waals surface area (Å²) in [6, 6.07) is 5.39. The van der Waals surface area contributed by atoms with Crippen LogP contribution in [-0.4, -0.2) is 81.6 Å². The van der Waals surface area contributed by atoms with Gasteiger partial charge in [-0.05, 0) is 43.5 Å². The van der Waals surface area contributed by atoms with E-state index in [1.165, 1.54) is 89.6 Å². The zero-order chi connectivity index (χ0) is 38.3. The van der Waals surface area contributed by atoms with Crippen LogP contribution >= 0.6 is 7.82 Å². The van der Waals surface area contributed by atoms with E-state index < -0.39 is 56.3 Å². The SMILES string of the molecule is CCCCCCCCCCCCCCCC[C@H](COP(=O)(O)OC[C@@]1(C)O[C@@H](C2CC=C3C(N)=NC=NN32)[C@H](O)[C@@H]1O)OCc1cc(F)cc(C#N)c1. The van der Waals surface area contributed by atoms with E-state index in [-0.39, 0.29) is 24.6 Å². The van der Waals surface area contributed by atoms with Crippen molar-refractivity contribution in [2.45, 2.75) is 159 Å². The highest BCUT2D eigenvalue weighted by molar-refractivity contribution is 7.47. The molecule has 3 aliphatic rings. The number of fused-ring (bicyclic) bond motifs is 1. The van der Waals surface area contributed by atoms with Crippen molar-refractivity contribution in [2.75, 3.05) is 13.2 Å². The minimum atomic E-state index is -4.69. The van der Waals surface area contributed by atoms with Gasteiger partial charge in [0.2, 0.25) is 0 Å². The largest absolute Gasteiger partial charge is 0.472 e. The number of aliphatic hydroxyl groups is 2. The van der Waals surface area contributed by atoms with Gasteiger partial charge >= 0.3 is 7.82 Å². The molecule has 0 spiro atoms.